The van der Waals surface area contributed by atoms with E-state index in [4.69, 9.17) is 9.47 Å². The molecule has 1 unspecified atom stereocenters. The average Bonchev–Trinajstić information content (AvgIpc) is 2.53. The van der Waals surface area contributed by atoms with Crippen LogP contribution < -0.4 is 14.8 Å². The summed E-state index contributed by atoms with van der Waals surface area (Å²) in [6.45, 7) is 3.14. The van der Waals surface area contributed by atoms with Crippen molar-refractivity contribution in [3.05, 3.63) is 23.8 Å². The van der Waals surface area contributed by atoms with E-state index in [9.17, 15) is 0 Å². The van der Waals surface area contributed by atoms with Crippen molar-refractivity contribution in [2.75, 3.05) is 14.2 Å². The van der Waals surface area contributed by atoms with E-state index >= 15 is 0 Å². The molecule has 1 saturated carbocycles. The monoisotopic (exact) mass is 277 g/mol. The van der Waals surface area contributed by atoms with Gasteiger partial charge in [-0.05, 0) is 43.9 Å². The predicted octanol–water partition coefficient (Wildman–Crippen LogP) is 3.76. The van der Waals surface area contributed by atoms with Gasteiger partial charge in [-0.2, -0.15) is 0 Å². The molecule has 3 heteroatoms. The highest BCUT2D eigenvalue weighted by Crippen LogP contribution is 2.28. The molecular formula is C17H27NO2. The van der Waals surface area contributed by atoms with E-state index in [-0.39, 0.29) is 0 Å². The summed E-state index contributed by atoms with van der Waals surface area (Å²) in [4.78, 5) is 0. The molecule has 1 aliphatic rings. The normalized spacial score (nSPS) is 17.8. The molecule has 0 bridgehead atoms. The van der Waals surface area contributed by atoms with Crippen molar-refractivity contribution in [1.82, 2.24) is 5.32 Å². The summed E-state index contributed by atoms with van der Waals surface area (Å²) >= 11 is 0. The Balaban J connectivity index is 1.94. The largest absolute Gasteiger partial charge is 0.497 e. The van der Waals surface area contributed by atoms with E-state index in [0.717, 1.165) is 29.5 Å². The van der Waals surface area contributed by atoms with Gasteiger partial charge in [0.15, 0.2) is 0 Å². The third kappa shape index (κ3) is 3.89. The summed E-state index contributed by atoms with van der Waals surface area (Å²) in [5.41, 5.74) is 1.16. The van der Waals surface area contributed by atoms with Crippen LogP contribution in [0.5, 0.6) is 11.5 Å². The summed E-state index contributed by atoms with van der Waals surface area (Å²) in [5, 5.41) is 3.66. The number of methoxy groups -OCH3 is 2. The van der Waals surface area contributed by atoms with Crippen LogP contribution in [0.15, 0.2) is 18.2 Å². The lowest BCUT2D eigenvalue weighted by Crippen LogP contribution is -2.34. The Morgan fingerprint density at radius 3 is 2.55 bits per heavy atom. The second kappa shape index (κ2) is 7.53. The summed E-state index contributed by atoms with van der Waals surface area (Å²) in [7, 11) is 3.42. The molecule has 0 radical (unpaired) electrons. The minimum absolute atomic E-state index is 0.561. The van der Waals surface area contributed by atoms with Crippen LogP contribution in [0.4, 0.5) is 0 Å². The van der Waals surface area contributed by atoms with Crippen molar-refractivity contribution in [3.8, 4) is 11.5 Å². The van der Waals surface area contributed by atoms with Crippen LogP contribution in [0, 0.1) is 5.92 Å². The third-order valence-electron chi connectivity index (χ3n) is 4.46. The third-order valence-corrected chi connectivity index (χ3v) is 4.46. The number of benzene rings is 1. The summed E-state index contributed by atoms with van der Waals surface area (Å²) < 4.78 is 10.7. The van der Waals surface area contributed by atoms with E-state index in [2.05, 4.69) is 18.3 Å². The van der Waals surface area contributed by atoms with Crippen LogP contribution >= 0.6 is 0 Å². The van der Waals surface area contributed by atoms with Crippen LogP contribution in [-0.4, -0.2) is 20.3 Å². The maximum Gasteiger partial charge on any atom is 0.123 e. The molecular weight excluding hydrogens is 250 g/mol. The van der Waals surface area contributed by atoms with Crippen molar-refractivity contribution in [2.24, 2.45) is 5.92 Å². The Labute approximate surface area is 122 Å². The molecule has 0 saturated heterocycles. The quantitative estimate of drug-likeness (QED) is 0.858. The molecule has 0 amide bonds. The second-order valence-electron chi connectivity index (χ2n) is 5.75. The van der Waals surface area contributed by atoms with E-state index in [1.807, 2.05) is 12.1 Å². The zero-order chi connectivity index (χ0) is 14.4. The minimum Gasteiger partial charge on any atom is -0.497 e. The van der Waals surface area contributed by atoms with Gasteiger partial charge < -0.3 is 14.8 Å². The SMILES string of the molecule is COc1ccc(OC)c(CNC(C)C2CCCCC2)c1. The average molecular weight is 277 g/mol. The van der Waals surface area contributed by atoms with Gasteiger partial charge in [-0.1, -0.05) is 19.3 Å². The van der Waals surface area contributed by atoms with E-state index in [0.29, 0.717) is 6.04 Å². The molecule has 1 N–H and O–H groups in total. The molecule has 112 valence electrons. The second-order valence-corrected chi connectivity index (χ2v) is 5.75. The van der Waals surface area contributed by atoms with Crippen LogP contribution in [-0.2, 0) is 6.54 Å². The standard InChI is InChI=1S/C17H27NO2/c1-13(14-7-5-4-6-8-14)18-12-15-11-16(19-2)9-10-17(15)20-3/h9-11,13-14,18H,4-8,12H2,1-3H3. The van der Waals surface area contributed by atoms with Crippen LogP contribution in [0.1, 0.15) is 44.6 Å². The van der Waals surface area contributed by atoms with Gasteiger partial charge in [0, 0.05) is 18.2 Å². The first kappa shape index (κ1) is 15.2. The number of hydrogen-bond acceptors (Lipinski definition) is 3. The molecule has 20 heavy (non-hydrogen) atoms. The Morgan fingerprint density at radius 1 is 1.15 bits per heavy atom. The first-order valence-electron chi connectivity index (χ1n) is 7.69. The van der Waals surface area contributed by atoms with Crippen molar-refractivity contribution in [3.63, 3.8) is 0 Å². The molecule has 1 aromatic rings. The lowest BCUT2D eigenvalue weighted by atomic mass is 9.84. The van der Waals surface area contributed by atoms with Gasteiger partial charge in [-0.15, -0.1) is 0 Å². The van der Waals surface area contributed by atoms with Gasteiger partial charge in [-0.3, -0.25) is 0 Å². The first-order chi connectivity index (χ1) is 9.74. The van der Waals surface area contributed by atoms with Gasteiger partial charge >= 0.3 is 0 Å². The molecule has 1 aromatic carbocycles. The lowest BCUT2D eigenvalue weighted by Gasteiger charge is -2.28. The molecule has 2 rings (SSSR count). The van der Waals surface area contributed by atoms with Crippen molar-refractivity contribution in [1.29, 1.82) is 0 Å². The Bertz CT molecular complexity index is 413. The van der Waals surface area contributed by atoms with E-state index in [1.54, 1.807) is 14.2 Å². The Kier molecular flexibility index (Phi) is 5.72. The molecule has 1 fully saturated rings. The smallest absolute Gasteiger partial charge is 0.123 e. The highest BCUT2D eigenvalue weighted by Gasteiger charge is 2.19. The topological polar surface area (TPSA) is 30.5 Å². The number of ether oxygens (including phenoxy) is 2. The van der Waals surface area contributed by atoms with E-state index in [1.165, 1.54) is 32.1 Å². The molecule has 0 spiro atoms. The van der Waals surface area contributed by atoms with Crippen molar-refractivity contribution >= 4 is 0 Å². The summed E-state index contributed by atoms with van der Waals surface area (Å²) in [5.74, 6) is 2.63. The highest BCUT2D eigenvalue weighted by atomic mass is 16.5. The van der Waals surface area contributed by atoms with Gasteiger partial charge in [0.1, 0.15) is 11.5 Å². The fraction of sp³-hybridized carbons (Fsp3) is 0.647. The maximum absolute atomic E-state index is 5.43. The fourth-order valence-electron chi connectivity index (χ4n) is 3.09. The predicted molar refractivity (Wildman–Crippen MR) is 82.4 cm³/mol. The zero-order valence-electron chi connectivity index (χ0n) is 12.9. The van der Waals surface area contributed by atoms with Crippen molar-refractivity contribution < 1.29 is 9.47 Å². The molecule has 1 atom stereocenters. The van der Waals surface area contributed by atoms with Gasteiger partial charge in [-0.25, -0.2) is 0 Å². The Morgan fingerprint density at radius 2 is 1.90 bits per heavy atom. The molecule has 0 aromatic heterocycles. The Hall–Kier alpha value is -1.22. The van der Waals surface area contributed by atoms with Crippen LogP contribution in [0.25, 0.3) is 0 Å². The van der Waals surface area contributed by atoms with Gasteiger partial charge in [0.25, 0.3) is 0 Å². The molecule has 1 aliphatic carbocycles. The number of rotatable bonds is 6. The van der Waals surface area contributed by atoms with Gasteiger partial charge in [0.2, 0.25) is 0 Å². The van der Waals surface area contributed by atoms with Gasteiger partial charge in [0.05, 0.1) is 14.2 Å². The van der Waals surface area contributed by atoms with Crippen molar-refractivity contribution in [2.45, 2.75) is 51.6 Å². The summed E-state index contributed by atoms with van der Waals surface area (Å²) in [6.07, 6.45) is 6.91. The highest BCUT2D eigenvalue weighted by molar-refractivity contribution is 5.40. The minimum atomic E-state index is 0.561. The van der Waals surface area contributed by atoms with Crippen LogP contribution in [0.2, 0.25) is 0 Å². The molecule has 3 nitrogen and oxygen atoms in total. The first-order valence-corrected chi connectivity index (χ1v) is 7.69. The maximum atomic E-state index is 5.43. The molecule has 0 aliphatic heterocycles. The molecule has 0 heterocycles. The number of nitrogens with one attached hydrogen (secondary N) is 1. The van der Waals surface area contributed by atoms with Crippen LogP contribution in [0.3, 0.4) is 0 Å². The lowest BCUT2D eigenvalue weighted by molar-refractivity contribution is 0.279. The fourth-order valence-corrected chi connectivity index (χ4v) is 3.09. The number of hydrogen-bond donors (Lipinski definition) is 1. The van der Waals surface area contributed by atoms with E-state index < -0.39 is 0 Å². The summed E-state index contributed by atoms with van der Waals surface area (Å²) in [6, 6.07) is 6.53. The zero-order valence-corrected chi connectivity index (χ0v) is 12.9.